The first-order chi connectivity index (χ1) is 12.2. The third-order valence-corrected chi connectivity index (χ3v) is 3.86. The van der Waals surface area contributed by atoms with E-state index in [0.29, 0.717) is 6.61 Å². The molecule has 0 bridgehead atoms. The lowest BCUT2D eigenvalue weighted by molar-refractivity contribution is -0.146. The van der Waals surface area contributed by atoms with Crippen LogP contribution in [0.15, 0.2) is 60.7 Å². The Labute approximate surface area is 148 Å². The van der Waals surface area contributed by atoms with Gasteiger partial charge in [-0.15, -0.1) is 0 Å². The Hall–Kier alpha value is -2.66. The van der Waals surface area contributed by atoms with Crippen molar-refractivity contribution in [1.29, 1.82) is 0 Å². The summed E-state index contributed by atoms with van der Waals surface area (Å²) >= 11 is 0. The second-order valence-electron chi connectivity index (χ2n) is 5.50. The van der Waals surface area contributed by atoms with E-state index in [1.165, 1.54) is 7.11 Å². The van der Waals surface area contributed by atoms with Gasteiger partial charge in [0, 0.05) is 12.5 Å². The Morgan fingerprint density at radius 2 is 1.48 bits per heavy atom. The molecule has 0 fully saturated rings. The van der Waals surface area contributed by atoms with Crippen molar-refractivity contribution in [2.45, 2.75) is 18.9 Å². The zero-order valence-corrected chi connectivity index (χ0v) is 14.5. The van der Waals surface area contributed by atoms with Crippen molar-refractivity contribution in [3.8, 4) is 0 Å². The molecule has 0 heterocycles. The molecule has 0 saturated carbocycles. The summed E-state index contributed by atoms with van der Waals surface area (Å²) in [4.78, 5) is 24.6. The molecule has 1 atom stereocenters. The molecular formula is C20H23NO4. The Morgan fingerprint density at radius 3 is 1.92 bits per heavy atom. The lowest BCUT2D eigenvalue weighted by atomic mass is 9.85. The number of carbonyl (C=O) groups is 2. The van der Waals surface area contributed by atoms with Crippen molar-refractivity contribution in [2.75, 3.05) is 20.3 Å². The van der Waals surface area contributed by atoms with Gasteiger partial charge in [0.25, 0.3) is 0 Å². The number of benzene rings is 2. The fraction of sp³-hybridized carbons (Fsp3) is 0.300. The van der Waals surface area contributed by atoms with E-state index in [4.69, 9.17) is 9.47 Å². The molecule has 0 aliphatic carbocycles. The van der Waals surface area contributed by atoms with Gasteiger partial charge in [-0.05, 0) is 18.1 Å². The minimum absolute atomic E-state index is 0.0969. The fourth-order valence-electron chi connectivity index (χ4n) is 2.71. The normalized spacial score (nSPS) is 11.8. The Kier molecular flexibility index (Phi) is 7.16. The molecule has 5 nitrogen and oxygen atoms in total. The maximum atomic E-state index is 12.4. The molecule has 0 aliphatic rings. The first-order valence-electron chi connectivity index (χ1n) is 8.22. The fourth-order valence-corrected chi connectivity index (χ4v) is 2.71. The number of rotatable bonds is 8. The van der Waals surface area contributed by atoms with Gasteiger partial charge in [0.05, 0.1) is 7.11 Å². The number of amides is 1. The predicted molar refractivity (Wildman–Crippen MR) is 95.2 cm³/mol. The standard InChI is InChI=1S/C20H23NO4/c1-3-25-14-17(22)21-19(20(23)24-2)18(15-10-6-4-7-11-15)16-12-8-5-9-13-16/h4-13,18-19H,3,14H2,1-2H3,(H,21,22)/t19-/m0/s1. The maximum absolute atomic E-state index is 12.4. The molecule has 2 aromatic carbocycles. The van der Waals surface area contributed by atoms with E-state index in [9.17, 15) is 9.59 Å². The summed E-state index contributed by atoms with van der Waals surface area (Å²) in [6.45, 7) is 2.14. The van der Waals surface area contributed by atoms with Gasteiger partial charge in [-0.25, -0.2) is 4.79 Å². The molecule has 1 N–H and O–H groups in total. The van der Waals surface area contributed by atoms with Crippen LogP contribution in [0.25, 0.3) is 0 Å². The summed E-state index contributed by atoms with van der Waals surface area (Å²) in [7, 11) is 1.32. The SMILES string of the molecule is CCOCC(=O)N[C@H](C(=O)OC)C(c1ccccc1)c1ccccc1. The predicted octanol–water partition coefficient (Wildman–Crippen LogP) is 2.51. The van der Waals surface area contributed by atoms with E-state index < -0.39 is 12.0 Å². The number of carbonyl (C=O) groups excluding carboxylic acids is 2. The lowest BCUT2D eigenvalue weighted by Crippen LogP contribution is -2.47. The van der Waals surface area contributed by atoms with Gasteiger partial charge in [-0.1, -0.05) is 60.7 Å². The highest BCUT2D eigenvalue weighted by molar-refractivity contribution is 5.86. The molecule has 0 unspecified atom stereocenters. The highest BCUT2D eigenvalue weighted by Gasteiger charge is 2.33. The van der Waals surface area contributed by atoms with Crippen molar-refractivity contribution >= 4 is 11.9 Å². The molecule has 0 aromatic heterocycles. The van der Waals surface area contributed by atoms with Gasteiger partial charge in [-0.3, -0.25) is 4.79 Å². The summed E-state index contributed by atoms with van der Waals surface area (Å²) in [5.74, 6) is -1.21. The zero-order valence-electron chi connectivity index (χ0n) is 14.5. The maximum Gasteiger partial charge on any atom is 0.329 e. The van der Waals surface area contributed by atoms with Gasteiger partial charge >= 0.3 is 5.97 Å². The molecule has 0 aliphatic heterocycles. The van der Waals surface area contributed by atoms with Crippen LogP contribution < -0.4 is 5.32 Å². The average molecular weight is 341 g/mol. The first-order valence-corrected chi connectivity index (χ1v) is 8.22. The summed E-state index contributed by atoms with van der Waals surface area (Å²) < 4.78 is 10.1. The number of nitrogens with one attached hydrogen (secondary N) is 1. The molecule has 132 valence electrons. The van der Waals surface area contributed by atoms with Crippen LogP contribution in [-0.2, 0) is 19.1 Å². The van der Waals surface area contributed by atoms with Crippen LogP contribution in [-0.4, -0.2) is 38.2 Å². The van der Waals surface area contributed by atoms with E-state index >= 15 is 0 Å². The lowest BCUT2D eigenvalue weighted by Gasteiger charge is -2.27. The molecule has 0 radical (unpaired) electrons. The molecule has 25 heavy (non-hydrogen) atoms. The summed E-state index contributed by atoms with van der Waals surface area (Å²) in [6.07, 6.45) is 0. The van der Waals surface area contributed by atoms with Crippen LogP contribution in [0, 0.1) is 0 Å². The van der Waals surface area contributed by atoms with E-state index in [0.717, 1.165) is 11.1 Å². The minimum Gasteiger partial charge on any atom is -0.467 e. The monoisotopic (exact) mass is 341 g/mol. The van der Waals surface area contributed by atoms with E-state index in [-0.39, 0.29) is 18.4 Å². The third kappa shape index (κ3) is 5.16. The second kappa shape index (κ2) is 9.59. The van der Waals surface area contributed by atoms with Crippen LogP contribution >= 0.6 is 0 Å². The van der Waals surface area contributed by atoms with Crippen molar-refractivity contribution in [2.24, 2.45) is 0 Å². The summed E-state index contributed by atoms with van der Waals surface area (Å²) in [5, 5.41) is 2.76. The quantitative estimate of drug-likeness (QED) is 0.750. The topological polar surface area (TPSA) is 64.6 Å². The Morgan fingerprint density at radius 1 is 0.960 bits per heavy atom. The number of hydrogen-bond donors (Lipinski definition) is 1. The molecule has 0 saturated heterocycles. The van der Waals surface area contributed by atoms with Gasteiger partial charge in [0.2, 0.25) is 5.91 Å². The highest BCUT2D eigenvalue weighted by Crippen LogP contribution is 2.28. The first kappa shape index (κ1) is 18.7. The van der Waals surface area contributed by atoms with Crippen LogP contribution in [0.1, 0.15) is 24.0 Å². The molecule has 2 rings (SSSR count). The number of ether oxygens (including phenoxy) is 2. The van der Waals surface area contributed by atoms with Crippen LogP contribution in [0.2, 0.25) is 0 Å². The number of esters is 1. The van der Waals surface area contributed by atoms with Crippen molar-refractivity contribution in [3.05, 3.63) is 71.8 Å². The average Bonchev–Trinajstić information content (AvgIpc) is 2.67. The smallest absolute Gasteiger partial charge is 0.329 e. The molecule has 5 heteroatoms. The van der Waals surface area contributed by atoms with E-state index in [1.54, 1.807) is 0 Å². The van der Waals surface area contributed by atoms with Crippen LogP contribution in [0.5, 0.6) is 0 Å². The van der Waals surface area contributed by atoms with Gasteiger partial charge in [0.15, 0.2) is 0 Å². The zero-order chi connectivity index (χ0) is 18.1. The summed E-state index contributed by atoms with van der Waals surface area (Å²) in [6, 6.07) is 18.3. The number of hydrogen-bond acceptors (Lipinski definition) is 4. The second-order valence-corrected chi connectivity index (χ2v) is 5.50. The van der Waals surface area contributed by atoms with Crippen LogP contribution in [0.4, 0.5) is 0 Å². The third-order valence-electron chi connectivity index (χ3n) is 3.86. The van der Waals surface area contributed by atoms with Crippen LogP contribution in [0.3, 0.4) is 0 Å². The van der Waals surface area contributed by atoms with Crippen molar-refractivity contribution in [1.82, 2.24) is 5.32 Å². The highest BCUT2D eigenvalue weighted by atomic mass is 16.5. The van der Waals surface area contributed by atoms with E-state index in [2.05, 4.69) is 5.32 Å². The molecule has 0 spiro atoms. The van der Waals surface area contributed by atoms with Crippen molar-refractivity contribution in [3.63, 3.8) is 0 Å². The number of methoxy groups -OCH3 is 1. The largest absolute Gasteiger partial charge is 0.467 e. The minimum atomic E-state index is -0.845. The summed E-state index contributed by atoms with van der Waals surface area (Å²) in [5.41, 5.74) is 1.83. The molecule has 2 aromatic rings. The van der Waals surface area contributed by atoms with Gasteiger partial charge < -0.3 is 14.8 Å². The van der Waals surface area contributed by atoms with Gasteiger partial charge in [-0.2, -0.15) is 0 Å². The molecular weight excluding hydrogens is 318 g/mol. The Balaban J connectivity index is 2.39. The van der Waals surface area contributed by atoms with E-state index in [1.807, 2.05) is 67.6 Å². The molecule has 1 amide bonds. The van der Waals surface area contributed by atoms with Crippen molar-refractivity contribution < 1.29 is 19.1 Å². The Bertz CT molecular complexity index is 633. The van der Waals surface area contributed by atoms with Gasteiger partial charge in [0.1, 0.15) is 12.6 Å².